The topological polar surface area (TPSA) is 50.4 Å². The van der Waals surface area contributed by atoms with E-state index >= 15 is 0 Å². The number of methoxy groups -OCH3 is 1. The van der Waals surface area contributed by atoms with Crippen molar-refractivity contribution in [1.82, 2.24) is 5.32 Å². The van der Waals surface area contributed by atoms with Gasteiger partial charge in [0.15, 0.2) is 0 Å². The van der Waals surface area contributed by atoms with Crippen molar-refractivity contribution in [3.63, 3.8) is 0 Å². The van der Waals surface area contributed by atoms with Crippen molar-refractivity contribution in [1.29, 1.82) is 0 Å². The van der Waals surface area contributed by atoms with Crippen molar-refractivity contribution in [2.75, 3.05) is 12.4 Å². The molecule has 0 spiro atoms. The van der Waals surface area contributed by atoms with Crippen molar-refractivity contribution >= 4 is 11.6 Å². The molecule has 1 amide bonds. The van der Waals surface area contributed by atoms with E-state index in [9.17, 15) is 4.79 Å². The van der Waals surface area contributed by atoms with Gasteiger partial charge in [-0.15, -0.1) is 0 Å². The fourth-order valence-corrected chi connectivity index (χ4v) is 2.54. The average Bonchev–Trinajstić information content (AvgIpc) is 2.66. The number of nitrogens with one attached hydrogen (secondary N) is 2. The molecule has 0 saturated heterocycles. The summed E-state index contributed by atoms with van der Waals surface area (Å²) in [5, 5.41) is 6.20. The molecule has 0 aliphatic carbocycles. The summed E-state index contributed by atoms with van der Waals surface area (Å²) in [6.45, 7) is 6.78. The molecule has 2 rings (SSSR count). The second-order valence-electron chi connectivity index (χ2n) is 6.36. The smallest absolute Gasteiger partial charge is 0.242 e. The van der Waals surface area contributed by atoms with E-state index in [1.807, 2.05) is 43.3 Å². The number of rotatable bonds is 8. The average molecular weight is 340 g/mol. The molecule has 0 bridgehead atoms. The lowest BCUT2D eigenvalue weighted by atomic mass is 9.98. The van der Waals surface area contributed by atoms with Crippen LogP contribution in [-0.2, 0) is 11.3 Å². The number of ether oxygens (including phenoxy) is 1. The summed E-state index contributed by atoms with van der Waals surface area (Å²) >= 11 is 0. The Labute approximate surface area is 150 Å². The first-order chi connectivity index (χ1) is 12.0. The lowest BCUT2D eigenvalue weighted by Crippen LogP contribution is -2.37. The number of hydrogen-bond acceptors (Lipinski definition) is 3. The van der Waals surface area contributed by atoms with Crippen LogP contribution in [0.1, 0.15) is 44.2 Å². The molecule has 134 valence electrons. The molecule has 2 aromatic rings. The largest absolute Gasteiger partial charge is 0.497 e. The van der Waals surface area contributed by atoms with Crippen LogP contribution in [-0.4, -0.2) is 19.1 Å². The highest BCUT2D eigenvalue weighted by molar-refractivity contribution is 5.84. The molecule has 0 fully saturated rings. The third-order valence-electron chi connectivity index (χ3n) is 4.49. The van der Waals surface area contributed by atoms with Crippen LogP contribution in [0.4, 0.5) is 5.69 Å². The molecule has 0 saturated carbocycles. The number of anilines is 1. The maximum Gasteiger partial charge on any atom is 0.242 e. The molecule has 4 nitrogen and oxygen atoms in total. The minimum atomic E-state index is -0.298. The summed E-state index contributed by atoms with van der Waals surface area (Å²) in [6.07, 6.45) is 1.12. The SMILES string of the molecule is CC[C@H](C)c1ccc(N[C@H](C)C(=O)NCc2ccc(OC)cc2)cc1. The predicted molar refractivity (Wildman–Crippen MR) is 103 cm³/mol. The fourth-order valence-electron chi connectivity index (χ4n) is 2.54. The summed E-state index contributed by atoms with van der Waals surface area (Å²) < 4.78 is 5.13. The lowest BCUT2D eigenvalue weighted by molar-refractivity contribution is -0.121. The van der Waals surface area contributed by atoms with Crippen molar-refractivity contribution in [3.8, 4) is 5.75 Å². The van der Waals surface area contributed by atoms with Gasteiger partial charge in [-0.25, -0.2) is 0 Å². The predicted octanol–water partition coefficient (Wildman–Crippen LogP) is 4.33. The molecule has 0 aliphatic rings. The quantitative estimate of drug-likeness (QED) is 0.752. The van der Waals surface area contributed by atoms with E-state index < -0.39 is 0 Å². The van der Waals surface area contributed by atoms with Gasteiger partial charge in [-0.3, -0.25) is 4.79 Å². The van der Waals surface area contributed by atoms with Crippen LogP contribution < -0.4 is 15.4 Å². The Bertz CT molecular complexity index is 665. The number of amides is 1. The number of hydrogen-bond donors (Lipinski definition) is 2. The van der Waals surface area contributed by atoms with Crippen LogP contribution in [0.3, 0.4) is 0 Å². The first-order valence-electron chi connectivity index (χ1n) is 8.80. The molecule has 0 radical (unpaired) electrons. The van der Waals surface area contributed by atoms with Crippen LogP contribution in [0.25, 0.3) is 0 Å². The molecule has 25 heavy (non-hydrogen) atoms. The molecular weight excluding hydrogens is 312 g/mol. The monoisotopic (exact) mass is 340 g/mol. The van der Waals surface area contributed by atoms with E-state index in [0.29, 0.717) is 12.5 Å². The second kappa shape index (κ2) is 9.11. The first kappa shape index (κ1) is 18.8. The van der Waals surface area contributed by atoms with E-state index in [-0.39, 0.29) is 11.9 Å². The minimum Gasteiger partial charge on any atom is -0.497 e. The maximum absolute atomic E-state index is 12.3. The molecule has 2 N–H and O–H groups in total. The van der Waals surface area contributed by atoms with E-state index in [0.717, 1.165) is 23.4 Å². The Morgan fingerprint density at radius 1 is 1.04 bits per heavy atom. The number of benzene rings is 2. The Hall–Kier alpha value is -2.49. The summed E-state index contributed by atoms with van der Waals surface area (Å²) in [5.74, 6) is 1.34. The van der Waals surface area contributed by atoms with Crippen LogP contribution in [0.2, 0.25) is 0 Å². The van der Waals surface area contributed by atoms with Gasteiger partial charge in [-0.2, -0.15) is 0 Å². The third kappa shape index (κ3) is 5.52. The van der Waals surface area contributed by atoms with E-state index in [4.69, 9.17) is 4.74 Å². The third-order valence-corrected chi connectivity index (χ3v) is 4.49. The van der Waals surface area contributed by atoms with Crippen LogP contribution in [0, 0.1) is 0 Å². The van der Waals surface area contributed by atoms with Gasteiger partial charge in [0, 0.05) is 12.2 Å². The van der Waals surface area contributed by atoms with Gasteiger partial charge in [0.2, 0.25) is 5.91 Å². The number of carbonyl (C=O) groups is 1. The van der Waals surface area contributed by atoms with Crippen LogP contribution >= 0.6 is 0 Å². The van der Waals surface area contributed by atoms with Gasteiger partial charge >= 0.3 is 0 Å². The highest BCUT2D eigenvalue weighted by Gasteiger charge is 2.12. The normalized spacial score (nSPS) is 13.0. The minimum absolute atomic E-state index is 0.0261. The van der Waals surface area contributed by atoms with Gasteiger partial charge in [0.25, 0.3) is 0 Å². The lowest BCUT2D eigenvalue weighted by Gasteiger charge is -2.16. The second-order valence-corrected chi connectivity index (χ2v) is 6.36. The molecule has 2 aromatic carbocycles. The fraction of sp³-hybridized carbons (Fsp3) is 0.381. The highest BCUT2D eigenvalue weighted by atomic mass is 16.5. The van der Waals surface area contributed by atoms with Crippen LogP contribution in [0.15, 0.2) is 48.5 Å². The van der Waals surface area contributed by atoms with Gasteiger partial charge in [0.05, 0.1) is 7.11 Å². The summed E-state index contributed by atoms with van der Waals surface area (Å²) in [5.41, 5.74) is 3.32. The first-order valence-corrected chi connectivity index (χ1v) is 8.80. The molecule has 0 heterocycles. The zero-order chi connectivity index (χ0) is 18.2. The summed E-state index contributed by atoms with van der Waals surface area (Å²) in [6, 6.07) is 15.7. The van der Waals surface area contributed by atoms with E-state index in [1.54, 1.807) is 7.11 Å². The van der Waals surface area contributed by atoms with Gasteiger partial charge in [-0.1, -0.05) is 38.1 Å². The van der Waals surface area contributed by atoms with Crippen molar-refractivity contribution in [2.45, 2.75) is 45.7 Å². The Balaban J connectivity index is 1.84. The van der Waals surface area contributed by atoms with Gasteiger partial charge in [-0.05, 0) is 54.7 Å². The van der Waals surface area contributed by atoms with Gasteiger partial charge in [0.1, 0.15) is 11.8 Å². The zero-order valence-corrected chi connectivity index (χ0v) is 15.5. The Morgan fingerprint density at radius 2 is 1.68 bits per heavy atom. The Morgan fingerprint density at radius 3 is 2.24 bits per heavy atom. The molecular formula is C21H28N2O2. The summed E-state index contributed by atoms with van der Waals surface area (Å²) in [4.78, 5) is 12.3. The van der Waals surface area contributed by atoms with Crippen LogP contribution in [0.5, 0.6) is 5.75 Å². The van der Waals surface area contributed by atoms with Crippen molar-refractivity contribution in [3.05, 3.63) is 59.7 Å². The van der Waals surface area contributed by atoms with Crippen molar-refractivity contribution < 1.29 is 9.53 Å². The van der Waals surface area contributed by atoms with E-state index in [2.05, 4.69) is 36.6 Å². The zero-order valence-electron chi connectivity index (χ0n) is 15.5. The van der Waals surface area contributed by atoms with Crippen molar-refractivity contribution in [2.24, 2.45) is 0 Å². The molecule has 0 unspecified atom stereocenters. The molecule has 0 aromatic heterocycles. The number of carbonyl (C=O) groups excluding carboxylic acids is 1. The summed E-state index contributed by atoms with van der Waals surface area (Å²) in [7, 11) is 1.64. The molecule has 0 aliphatic heterocycles. The van der Waals surface area contributed by atoms with E-state index in [1.165, 1.54) is 5.56 Å². The highest BCUT2D eigenvalue weighted by Crippen LogP contribution is 2.20. The van der Waals surface area contributed by atoms with Gasteiger partial charge < -0.3 is 15.4 Å². The molecule has 4 heteroatoms. The maximum atomic E-state index is 12.3. The Kier molecular flexibility index (Phi) is 6.87. The standard InChI is InChI=1S/C21H28N2O2/c1-5-15(2)18-8-10-19(11-9-18)23-16(3)21(24)22-14-17-6-12-20(25-4)13-7-17/h6-13,15-16,23H,5,14H2,1-4H3,(H,22,24)/t15-,16+/m0/s1. The molecule has 2 atom stereocenters.